The molecule has 3 nitrogen and oxygen atoms in total. The average molecular weight is 752 g/mol. The van der Waals surface area contributed by atoms with Crippen LogP contribution in [0.3, 0.4) is 0 Å². The van der Waals surface area contributed by atoms with Crippen LogP contribution in [0.2, 0.25) is 0 Å². The maximum absolute atomic E-state index is 12.6. The highest BCUT2D eigenvalue weighted by atomic mass is 35.5. The number of aryl methyl sites for hydroxylation is 2. The number of unbranched alkanes of at least 4 members (excludes halogenated alkanes) is 24. The lowest BCUT2D eigenvalue weighted by molar-refractivity contribution is 0.198. The van der Waals surface area contributed by atoms with Gasteiger partial charge in [0.05, 0.1) is 0 Å². The Morgan fingerprint density at radius 3 is 0.920 bits per heavy atom. The van der Waals surface area contributed by atoms with Gasteiger partial charge in [-0.3, -0.25) is 13.6 Å². The zero-order valence-corrected chi connectivity index (χ0v) is 34.6. The summed E-state index contributed by atoms with van der Waals surface area (Å²) in [6.07, 6.45) is 37.6. The monoisotopic (exact) mass is 750 g/mol. The first-order valence-corrected chi connectivity index (χ1v) is 23.0. The van der Waals surface area contributed by atoms with E-state index < -0.39 is 19.4 Å². The first-order chi connectivity index (χ1) is 24.5. The molecule has 0 amide bonds. The van der Waals surface area contributed by atoms with Gasteiger partial charge in [0.2, 0.25) is 0 Å². The van der Waals surface area contributed by atoms with E-state index in [-0.39, 0.29) is 0 Å². The lowest BCUT2D eigenvalue weighted by atomic mass is 10.0. The highest BCUT2D eigenvalue weighted by Crippen LogP contribution is 2.41. The molecule has 2 unspecified atom stereocenters. The van der Waals surface area contributed by atoms with Gasteiger partial charge in [-0.25, -0.2) is 0 Å². The summed E-state index contributed by atoms with van der Waals surface area (Å²) >= 11 is 12.9. The molecule has 0 N–H and O–H groups in total. The third kappa shape index (κ3) is 23.7. The summed E-state index contributed by atoms with van der Waals surface area (Å²) in [4.78, 5) is 0. The van der Waals surface area contributed by atoms with Gasteiger partial charge in [0.25, 0.3) is 0 Å². The maximum atomic E-state index is 12.6. The van der Waals surface area contributed by atoms with Crippen molar-refractivity contribution in [2.24, 2.45) is 0 Å². The molecule has 0 heterocycles. The van der Waals surface area contributed by atoms with Gasteiger partial charge in [0.1, 0.15) is 0 Å². The molecule has 286 valence electrons. The summed E-state index contributed by atoms with van der Waals surface area (Å²) in [6.45, 7) is 4.56. The fraction of sp³-hybridized carbons (Fsp3) is 0.727. The largest absolute Gasteiger partial charge is 0.322 e. The van der Waals surface area contributed by atoms with Gasteiger partial charge in [-0.05, 0) is 47.9 Å². The summed E-state index contributed by atoms with van der Waals surface area (Å²) in [5.41, 5.74) is 2.43. The van der Waals surface area contributed by atoms with E-state index in [2.05, 4.69) is 38.1 Å². The first kappa shape index (κ1) is 45.3. The van der Waals surface area contributed by atoms with E-state index in [1.165, 1.54) is 178 Å². The number of hydrogen-bond donors (Lipinski definition) is 0. The summed E-state index contributed by atoms with van der Waals surface area (Å²) in [5.74, 6) is 0. The van der Waals surface area contributed by atoms with E-state index >= 15 is 0 Å². The van der Waals surface area contributed by atoms with Crippen LogP contribution in [0.25, 0.3) is 0 Å². The fourth-order valence-corrected chi connectivity index (χ4v) is 8.09. The number of benzene rings is 2. The molecule has 0 aromatic heterocycles. The molecule has 0 saturated carbocycles. The van der Waals surface area contributed by atoms with Crippen LogP contribution in [0.15, 0.2) is 48.5 Å². The second kappa shape index (κ2) is 31.7. The standard InChI is InChI=1S/C44H73Cl2O3P/c1-3-5-7-9-11-13-15-17-19-21-23-25-27-29-39-31-35-41(36-32-39)43(45)48-50(47)49-44(46)42-37-33-40(34-38-42)30-28-26-24-22-20-18-16-14-12-10-8-6-4-2/h31-38,43-44,50H,3-30H2,1-2H3. The quantitative estimate of drug-likeness (QED) is 0.0406. The molecule has 0 aliphatic heterocycles. The lowest BCUT2D eigenvalue weighted by Crippen LogP contribution is -1.97. The van der Waals surface area contributed by atoms with Crippen molar-refractivity contribution in [2.45, 2.75) is 205 Å². The van der Waals surface area contributed by atoms with Gasteiger partial charge in [-0.2, -0.15) is 0 Å². The topological polar surface area (TPSA) is 35.5 Å². The summed E-state index contributed by atoms with van der Waals surface area (Å²) in [6, 6.07) is 16.2. The van der Waals surface area contributed by atoms with Crippen molar-refractivity contribution in [3.8, 4) is 0 Å². The van der Waals surface area contributed by atoms with Crippen molar-refractivity contribution in [2.75, 3.05) is 0 Å². The maximum Gasteiger partial charge on any atom is 0.322 e. The Balaban J connectivity index is 1.51. The first-order valence-electron chi connectivity index (χ1n) is 20.9. The highest BCUT2D eigenvalue weighted by Gasteiger charge is 2.17. The van der Waals surface area contributed by atoms with Gasteiger partial charge in [0, 0.05) is 0 Å². The SMILES string of the molecule is CCCCCCCCCCCCCCCc1ccc(C(Cl)O[PH](=O)OC(Cl)c2ccc(CCCCCCCCCCCCCCC)cc2)cc1. The van der Waals surface area contributed by atoms with Gasteiger partial charge in [-0.15, -0.1) is 0 Å². The molecule has 0 bridgehead atoms. The molecule has 0 saturated heterocycles. The summed E-state index contributed by atoms with van der Waals surface area (Å²) < 4.78 is 23.6. The molecule has 0 aliphatic rings. The second-order valence-corrected chi connectivity index (χ2v) is 16.4. The molecule has 0 aliphatic carbocycles. The van der Waals surface area contributed by atoms with E-state index in [1.807, 2.05) is 24.3 Å². The minimum absolute atomic E-state index is 0.770. The Hall–Kier alpha value is -0.830. The third-order valence-electron chi connectivity index (χ3n) is 10.0. The third-order valence-corrected chi connectivity index (χ3v) is 11.9. The van der Waals surface area contributed by atoms with Crippen LogP contribution in [0, 0.1) is 0 Å². The van der Waals surface area contributed by atoms with Crippen LogP contribution < -0.4 is 0 Å². The fourth-order valence-electron chi connectivity index (χ4n) is 6.70. The zero-order valence-electron chi connectivity index (χ0n) is 32.1. The highest BCUT2D eigenvalue weighted by molar-refractivity contribution is 7.33. The average Bonchev–Trinajstić information content (AvgIpc) is 3.12. The minimum atomic E-state index is -2.89. The molecule has 2 atom stereocenters. The number of halogens is 2. The summed E-state index contributed by atoms with van der Waals surface area (Å²) in [5, 5.41) is 0. The Labute approximate surface area is 319 Å². The van der Waals surface area contributed by atoms with Crippen molar-refractivity contribution in [3.05, 3.63) is 70.8 Å². The number of rotatable bonds is 34. The molecular weight excluding hydrogens is 678 g/mol. The van der Waals surface area contributed by atoms with Gasteiger partial charge < -0.3 is 0 Å². The van der Waals surface area contributed by atoms with Crippen LogP contribution in [-0.4, -0.2) is 0 Å². The molecule has 2 rings (SSSR count). The molecule has 0 spiro atoms. The Bertz CT molecular complexity index is 978. The zero-order chi connectivity index (χ0) is 35.9. The van der Waals surface area contributed by atoms with Crippen LogP contribution in [0.4, 0.5) is 0 Å². The van der Waals surface area contributed by atoms with Gasteiger partial charge in [-0.1, -0.05) is 240 Å². The molecule has 2 aromatic carbocycles. The molecular formula is C44H73Cl2O3P. The van der Waals surface area contributed by atoms with E-state index in [4.69, 9.17) is 32.2 Å². The Morgan fingerprint density at radius 1 is 0.420 bits per heavy atom. The number of hydrogen-bond acceptors (Lipinski definition) is 3. The van der Waals surface area contributed by atoms with Crippen LogP contribution in [0.5, 0.6) is 0 Å². The molecule has 0 radical (unpaired) electrons. The lowest BCUT2D eigenvalue weighted by Gasteiger charge is -2.15. The van der Waals surface area contributed by atoms with Crippen LogP contribution >= 0.6 is 31.5 Å². The number of alkyl halides is 2. The van der Waals surface area contributed by atoms with Crippen molar-refractivity contribution < 1.29 is 13.6 Å². The van der Waals surface area contributed by atoms with Crippen LogP contribution in [0.1, 0.15) is 214 Å². The summed E-state index contributed by atoms with van der Waals surface area (Å²) in [7, 11) is -2.89. The minimum Gasteiger partial charge on any atom is -0.286 e. The van der Waals surface area contributed by atoms with Gasteiger partial charge in [0.15, 0.2) is 11.1 Å². The van der Waals surface area contributed by atoms with E-state index in [1.54, 1.807) is 0 Å². The van der Waals surface area contributed by atoms with E-state index in [0.717, 1.165) is 24.0 Å². The van der Waals surface area contributed by atoms with Crippen molar-refractivity contribution in [3.63, 3.8) is 0 Å². The Morgan fingerprint density at radius 2 is 0.660 bits per heavy atom. The second-order valence-electron chi connectivity index (χ2n) is 14.6. The van der Waals surface area contributed by atoms with Crippen molar-refractivity contribution >= 4 is 31.5 Å². The van der Waals surface area contributed by atoms with Crippen LogP contribution in [-0.2, 0) is 26.5 Å². The molecule has 2 aromatic rings. The van der Waals surface area contributed by atoms with Crippen molar-refractivity contribution in [1.29, 1.82) is 0 Å². The van der Waals surface area contributed by atoms with Gasteiger partial charge >= 0.3 is 8.25 Å². The molecule has 50 heavy (non-hydrogen) atoms. The molecule has 0 fully saturated rings. The van der Waals surface area contributed by atoms with E-state index in [0.29, 0.717) is 0 Å². The normalized spacial score (nSPS) is 13.4. The Kier molecular flexibility index (Phi) is 28.7. The predicted molar refractivity (Wildman–Crippen MR) is 220 cm³/mol. The molecule has 6 heteroatoms. The van der Waals surface area contributed by atoms with Crippen molar-refractivity contribution in [1.82, 2.24) is 0 Å². The predicted octanol–water partition coefficient (Wildman–Crippen LogP) is 16.6. The smallest absolute Gasteiger partial charge is 0.286 e. The van der Waals surface area contributed by atoms with E-state index in [9.17, 15) is 4.57 Å².